The number of benzene rings is 1. The highest BCUT2D eigenvalue weighted by Crippen LogP contribution is 2.27. The van der Waals surface area contributed by atoms with Gasteiger partial charge < -0.3 is 5.11 Å². The van der Waals surface area contributed by atoms with Crippen LogP contribution in [0.5, 0.6) is 0 Å². The quantitative estimate of drug-likeness (QED) is 0.873. The second-order valence-electron chi connectivity index (χ2n) is 8.04. The van der Waals surface area contributed by atoms with Crippen molar-refractivity contribution in [1.82, 2.24) is 4.90 Å². The van der Waals surface area contributed by atoms with Crippen LogP contribution in [0.15, 0.2) is 24.3 Å². The Kier molecular flexibility index (Phi) is 5.68. The average molecular weight is 303 g/mol. The molecule has 2 heteroatoms. The van der Waals surface area contributed by atoms with Crippen LogP contribution < -0.4 is 0 Å². The molecule has 3 atom stereocenters. The molecule has 1 fully saturated rings. The van der Waals surface area contributed by atoms with Crippen molar-refractivity contribution >= 4 is 0 Å². The van der Waals surface area contributed by atoms with Crippen LogP contribution in [-0.4, -0.2) is 28.6 Å². The number of aliphatic hydroxyl groups excluding tert-OH is 1. The molecule has 0 bridgehead atoms. The molecular weight excluding hydrogens is 270 g/mol. The lowest BCUT2D eigenvalue weighted by Gasteiger charge is -2.39. The first-order chi connectivity index (χ1) is 10.3. The van der Waals surface area contributed by atoms with Crippen molar-refractivity contribution in [3.63, 3.8) is 0 Å². The van der Waals surface area contributed by atoms with Crippen molar-refractivity contribution in [2.75, 3.05) is 6.54 Å². The van der Waals surface area contributed by atoms with Gasteiger partial charge in [0.05, 0.1) is 6.10 Å². The van der Waals surface area contributed by atoms with Gasteiger partial charge in [0.25, 0.3) is 0 Å². The molecule has 2 nitrogen and oxygen atoms in total. The zero-order chi connectivity index (χ0) is 16.3. The van der Waals surface area contributed by atoms with Crippen molar-refractivity contribution in [1.29, 1.82) is 0 Å². The van der Waals surface area contributed by atoms with E-state index < -0.39 is 0 Å². The molecule has 0 aliphatic carbocycles. The maximum atomic E-state index is 10.5. The van der Waals surface area contributed by atoms with E-state index in [4.69, 9.17) is 0 Å². The fourth-order valence-electron chi connectivity index (χ4n) is 3.56. The highest BCUT2D eigenvalue weighted by molar-refractivity contribution is 5.28. The summed E-state index contributed by atoms with van der Waals surface area (Å²) >= 11 is 0. The summed E-state index contributed by atoms with van der Waals surface area (Å²) in [6, 6.07) is 9.80. The molecule has 1 aromatic carbocycles. The van der Waals surface area contributed by atoms with Crippen LogP contribution >= 0.6 is 0 Å². The first-order valence-corrected chi connectivity index (χ1v) is 8.83. The van der Waals surface area contributed by atoms with Crippen molar-refractivity contribution in [3.05, 3.63) is 35.4 Å². The van der Waals surface area contributed by atoms with Crippen molar-refractivity contribution in [3.8, 4) is 0 Å². The highest BCUT2D eigenvalue weighted by Gasteiger charge is 2.25. The lowest BCUT2D eigenvalue weighted by molar-refractivity contribution is 0.0748. The molecule has 0 radical (unpaired) electrons. The lowest BCUT2D eigenvalue weighted by Crippen LogP contribution is -2.44. The molecule has 3 unspecified atom stereocenters. The SMILES string of the molecule is CC1CCCC(C)N1CCC(O)c1ccc(C(C)(C)C)cc1. The average Bonchev–Trinajstić information content (AvgIpc) is 2.46. The summed E-state index contributed by atoms with van der Waals surface area (Å²) in [6.07, 6.45) is 4.40. The summed E-state index contributed by atoms with van der Waals surface area (Å²) in [4.78, 5) is 2.57. The number of hydrogen-bond acceptors (Lipinski definition) is 2. The largest absolute Gasteiger partial charge is 0.388 e. The Morgan fingerprint density at radius 1 is 1.09 bits per heavy atom. The van der Waals surface area contributed by atoms with E-state index in [1.807, 2.05) is 0 Å². The van der Waals surface area contributed by atoms with Crippen LogP contribution in [0, 0.1) is 0 Å². The van der Waals surface area contributed by atoms with E-state index in [0.29, 0.717) is 12.1 Å². The molecule has 0 saturated carbocycles. The van der Waals surface area contributed by atoms with E-state index in [9.17, 15) is 5.11 Å². The van der Waals surface area contributed by atoms with Crippen LogP contribution in [0.3, 0.4) is 0 Å². The summed E-state index contributed by atoms with van der Waals surface area (Å²) in [7, 11) is 0. The normalized spacial score (nSPS) is 25.2. The minimum Gasteiger partial charge on any atom is -0.388 e. The molecule has 1 aliphatic rings. The van der Waals surface area contributed by atoms with Gasteiger partial charge in [-0.15, -0.1) is 0 Å². The first kappa shape index (κ1) is 17.5. The molecule has 2 rings (SSSR count). The zero-order valence-corrected chi connectivity index (χ0v) is 15.0. The van der Waals surface area contributed by atoms with Gasteiger partial charge in [-0.05, 0) is 49.7 Å². The van der Waals surface area contributed by atoms with Crippen LogP contribution in [0.2, 0.25) is 0 Å². The van der Waals surface area contributed by atoms with Gasteiger partial charge in [-0.25, -0.2) is 0 Å². The van der Waals surface area contributed by atoms with Gasteiger partial charge in [0.1, 0.15) is 0 Å². The Morgan fingerprint density at radius 2 is 1.64 bits per heavy atom. The Morgan fingerprint density at radius 3 is 2.14 bits per heavy atom. The first-order valence-electron chi connectivity index (χ1n) is 8.83. The number of likely N-dealkylation sites (tertiary alicyclic amines) is 1. The third-order valence-corrected chi connectivity index (χ3v) is 5.20. The van der Waals surface area contributed by atoms with E-state index in [2.05, 4.69) is 63.8 Å². The summed E-state index contributed by atoms with van der Waals surface area (Å²) < 4.78 is 0. The van der Waals surface area contributed by atoms with Gasteiger partial charge in [0.2, 0.25) is 0 Å². The fourth-order valence-corrected chi connectivity index (χ4v) is 3.56. The molecular formula is C20H33NO. The smallest absolute Gasteiger partial charge is 0.0802 e. The number of aliphatic hydroxyl groups is 1. The molecule has 1 aliphatic heterocycles. The van der Waals surface area contributed by atoms with E-state index >= 15 is 0 Å². The monoisotopic (exact) mass is 303 g/mol. The Balaban J connectivity index is 1.93. The van der Waals surface area contributed by atoms with Gasteiger partial charge in [-0.1, -0.05) is 51.5 Å². The minimum absolute atomic E-state index is 0.169. The molecule has 0 aromatic heterocycles. The van der Waals surface area contributed by atoms with Gasteiger partial charge in [0.15, 0.2) is 0 Å². The Bertz CT molecular complexity index is 450. The number of hydrogen-bond donors (Lipinski definition) is 1. The van der Waals surface area contributed by atoms with Crippen molar-refractivity contribution < 1.29 is 5.11 Å². The van der Waals surface area contributed by atoms with Crippen molar-refractivity contribution in [2.24, 2.45) is 0 Å². The highest BCUT2D eigenvalue weighted by atomic mass is 16.3. The van der Waals surface area contributed by atoms with E-state index in [1.54, 1.807) is 0 Å². The molecule has 22 heavy (non-hydrogen) atoms. The van der Waals surface area contributed by atoms with Gasteiger partial charge in [-0.2, -0.15) is 0 Å². The van der Waals surface area contributed by atoms with Gasteiger partial charge >= 0.3 is 0 Å². The zero-order valence-electron chi connectivity index (χ0n) is 15.0. The van der Waals surface area contributed by atoms with Gasteiger partial charge in [-0.3, -0.25) is 4.90 Å². The molecule has 124 valence electrons. The van der Waals surface area contributed by atoms with Crippen molar-refractivity contribution in [2.45, 2.75) is 83.9 Å². The predicted octanol–water partition coefficient (Wildman–Crippen LogP) is 4.67. The molecule has 1 aromatic rings. The number of piperidine rings is 1. The van der Waals surface area contributed by atoms with E-state index in [1.165, 1.54) is 24.8 Å². The Labute approximate surface area is 136 Å². The third-order valence-electron chi connectivity index (χ3n) is 5.20. The molecule has 1 N–H and O–H groups in total. The standard InChI is InChI=1S/C20H33NO/c1-15-7-6-8-16(2)21(15)14-13-19(22)17-9-11-18(12-10-17)20(3,4)5/h9-12,15-16,19,22H,6-8,13-14H2,1-5H3. The summed E-state index contributed by atoms with van der Waals surface area (Å²) in [5.74, 6) is 0. The molecule has 0 spiro atoms. The minimum atomic E-state index is -0.352. The topological polar surface area (TPSA) is 23.5 Å². The number of nitrogens with zero attached hydrogens (tertiary/aromatic N) is 1. The van der Waals surface area contributed by atoms with Crippen LogP contribution in [-0.2, 0) is 5.41 Å². The second-order valence-corrected chi connectivity index (χ2v) is 8.04. The maximum absolute atomic E-state index is 10.5. The second kappa shape index (κ2) is 7.14. The van der Waals surface area contributed by atoms with Crippen LogP contribution in [0.25, 0.3) is 0 Å². The van der Waals surface area contributed by atoms with E-state index in [0.717, 1.165) is 18.5 Å². The third kappa shape index (κ3) is 4.33. The summed E-state index contributed by atoms with van der Waals surface area (Å²) in [5.41, 5.74) is 2.54. The van der Waals surface area contributed by atoms with E-state index in [-0.39, 0.29) is 11.5 Å². The predicted molar refractivity (Wildman–Crippen MR) is 94.2 cm³/mol. The van der Waals surface area contributed by atoms with Gasteiger partial charge in [0, 0.05) is 18.6 Å². The van der Waals surface area contributed by atoms with Crippen LogP contribution in [0.1, 0.15) is 77.5 Å². The maximum Gasteiger partial charge on any atom is 0.0802 e. The lowest BCUT2D eigenvalue weighted by atomic mass is 9.86. The number of rotatable bonds is 4. The van der Waals surface area contributed by atoms with Crippen LogP contribution in [0.4, 0.5) is 0 Å². The molecule has 1 heterocycles. The molecule has 0 amide bonds. The molecule has 1 saturated heterocycles. The summed E-state index contributed by atoms with van der Waals surface area (Å²) in [5, 5.41) is 10.5. The fraction of sp³-hybridized carbons (Fsp3) is 0.700. The summed E-state index contributed by atoms with van der Waals surface area (Å²) in [6.45, 7) is 12.3. The Hall–Kier alpha value is -0.860.